The predicted octanol–water partition coefficient (Wildman–Crippen LogP) is 1.02. The minimum atomic E-state index is -0.732. The van der Waals surface area contributed by atoms with E-state index in [2.05, 4.69) is 10.3 Å². The Kier molecular flexibility index (Phi) is 3.76. The normalized spacial score (nSPS) is 28.5. The molecule has 2 heterocycles. The first-order chi connectivity index (χ1) is 8.10. The number of pyridine rings is 1. The quantitative estimate of drug-likeness (QED) is 0.819. The smallest absolute Gasteiger partial charge is 0.105 e. The van der Waals surface area contributed by atoms with Crippen molar-refractivity contribution in [3.05, 3.63) is 29.6 Å². The fourth-order valence-corrected chi connectivity index (χ4v) is 2.11. The van der Waals surface area contributed by atoms with Gasteiger partial charge in [-0.2, -0.15) is 0 Å². The largest absolute Gasteiger partial charge is 0.386 e. The van der Waals surface area contributed by atoms with Crippen LogP contribution in [0.5, 0.6) is 0 Å². The molecule has 0 bridgehead atoms. The van der Waals surface area contributed by atoms with Gasteiger partial charge in [0.25, 0.3) is 0 Å². The average Bonchev–Trinajstić information content (AvgIpc) is 2.60. The van der Waals surface area contributed by atoms with E-state index in [1.165, 1.54) is 0 Å². The van der Waals surface area contributed by atoms with Crippen LogP contribution in [0.4, 0.5) is 0 Å². The number of nitrogens with zero attached hydrogens (tertiary/aromatic N) is 1. The molecule has 1 aliphatic rings. The van der Waals surface area contributed by atoms with Gasteiger partial charge < -0.3 is 15.2 Å². The summed E-state index contributed by atoms with van der Waals surface area (Å²) in [7, 11) is 0. The van der Waals surface area contributed by atoms with Crippen molar-refractivity contribution in [2.24, 2.45) is 0 Å². The fraction of sp³-hybridized carbons (Fsp3) is 0.615. The van der Waals surface area contributed by atoms with Gasteiger partial charge in [-0.15, -0.1) is 0 Å². The van der Waals surface area contributed by atoms with E-state index in [1.54, 1.807) is 0 Å². The molecule has 1 aliphatic heterocycles. The van der Waals surface area contributed by atoms with Gasteiger partial charge in [-0.1, -0.05) is 6.07 Å². The van der Waals surface area contributed by atoms with E-state index in [1.807, 2.05) is 32.0 Å². The second kappa shape index (κ2) is 5.12. The lowest BCUT2D eigenvalue weighted by molar-refractivity contribution is -0.0263. The number of nitrogens with one attached hydrogen (secondary N) is 1. The average molecular weight is 236 g/mol. The van der Waals surface area contributed by atoms with Gasteiger partial charge in [0.15, 0.2) is 0 Å². The second-order valence-corrected chi connectivity index (χ2v) is 4.74. The molecule has 94 valence electrons. The van der Waals surface area contributed by atoms with Gasteiger partial charge in [0.1, 0.15) is 5.60 Å². The number of ether oxygens (including phenoxy) is 1. The van der Waals surface area contributed by atoms with Crippen LogP contribution in [0.15, 0.2) is 18.2 Å². The van der Waals surface area contributed by atoms with Crippen molar-refractivity contribution >= 4 is 0 Å². The molecule has 0 aliphatic carbocycles. The Morgan fingerprint density at radius 3 is 3.06 bits per heavy atom. The Labute approximate surface area is 102 Å². The lowest BCUT2D eigenvalue weighted by Crippen LogP contribution is -2.45. The molecular formula is C13H20N2O2. The van der Waals surface area contributed by atoms with Gasteiger partial charge in [-0.05, 0) is 26.0 Å². The van der Waals surface area contributed by atoms with Crippen molar-refractivity contribution in [2.45, 2.75) is 38.5 Å². The van der Waals surface area contributed by atoms with Crippen molar-refractivity contribution in [1.29, 1.82) is 0 Å². The summed E-state index contributed by atoms with van der Waals surface area (Å²) in [4.78, 5) is 4.40. The zero-order valence-corrected chi connectivity index (χ0v) is 10.4. The van der Waals surface area contributed by atoms with Gasteiger partial charge >= 0.3 is 0 Å². The third kappa shape index (κ3) is 3.03. The van der Waals surface area contributed by atoms with Crippen LogP contribution >= 0.6 is 0 Å². The maximum absolute atomic E-state index is 10.3. The van der Waals surface area contributed by atoms with E-state index in [9.17, 15) is 5.11 Å². The molecule has 1 fully saturated rings. The maximum atomic E-state index is 10.3. The van der Waals surface area contributed by atoms with Crippen molar-refractivity contribution in [3.63, 3.8) is 0 Å². The molecule has 0 aromatic carbocycles. The van der Waals surface area contributed by atoms with Gasteiger partial charge in [-0.3, -0.25) is 4.98 Å². The molecule has 17 heavy (non-hydrogen) atoms. The second-order valence-electron chi connectivity index (χ2n) is 4.74. The minimum Gasteiger partial charge on any atom is -0.386 e. The van der Waals surface area contributed by atoms with Gasteiger partial charge in [-0.25, -0.2) is 0 Å². The van der Waals surface area contributed by atoms with Gasteiger partial charge in [0.2, 0.25) is 0 Å². The van der Waals surface area contributed by atoms with Crippen molar-refractivity contribution < 1.29 is 9.84 Å². The first-order valence-corrected chi connectivity index (χ1v) is 6.07. The molecule has 1 aromatic rings. The number of aromatic nitrogens is 1. The summed E-state index contributed by atoms with van der Waals surface area (Å²) in [6.45, 7) is 5.76. The summed E-state index contributed by atoms with van der Waals surface area (Å²) in [5.41, 5.74) is 1.28. The van der Waals surface area contributed by atoms with E-state index < -0.39 is 5.60 Å². The SMILES string of the molecule is Cc1cccc(CNCC2(O)CCOC2C)n1. The van der Waals surface area contributed by atoms with Crippen molar-refractivity contribution in [2.75, 3.05) is 13.2 Å². The summed E-state index contributed by atoms with van der Waals surface area (Å²) in [6.07, 6.45) is 0.600. The third-order valence-electron chi connectivity index (χ3n) is 3.34. The highest BCUT2D eigenvalue weighted by Gasteiger charge is 2.38. The van der Waals surface area contributed by atoms with Gasteiger partial charge in [0, 0.05) is 31.8 Å². The summed E-state index contributed by atoms with van der Waals surface area (Å²) < 4.78 is 5.38. The minimum absolute atomic E-state index is 0.0968. The molecule has 2 unspecified atom stereocenters. The topological polar surface area (TPSA) is 54.4 Å². The number of aryl methyl sites for hydroxylation is 1. The summed E-state index contributed by atoms with van der Waals surface area (Å²) in [5.74, 6) is 0. The Hall–Kier alpha value is -0.970. The monoisotopic (exact) mass is 236 g/mol. The summed E-state index contributed by atoms with van der Waals surface area (Å²) in [5, 5.41) is 13.5. The van der Waals surface area contributed by atoms with E-state index in [0.29, 0.717) is 26.1 Å². The lowest BCUT2D eigenvalue weighted by Gasteiger charge is -2.26. The van der Waals surface area contributed by atoms with Crippen LogP contribution in [0.1, 0.15) is 24.7 Å². The third-order valence-corrected chi connectivity index (χ3v) is 3.34. The van der Waals surface area contributed by atoms with Crippen LogP contribution < -0.4 is 5.32 Å². The Bertz CT molecular complexity index is 383. The Morgan fingerprint density at radius 2 is 2.41 bits per heavy atom. The first-order valence-electron chi connectivity index (χ1n) is 6.07. The van der Waals surface area contributed by atoms with Crippen molar-refractivity contribution in [3.8, 4) is 0 Å². The summed E-state index contributed by atoms with van der Waals surface area (Å²) in [6, 6.07) is 5.96. The molecular weight excluding hydrogens is 216 g/mol. The molecule has 1 aromatic heterocycles. The molecule has 4 heteroatoms. The standard InChI is InChI=1S/C13H20N2O2/c1-10-4-3-5-12(15-10)8-14-9-13(16)6-7-17-11(13)2/h3-5,11,14,16H,6-9H2,1-2H3. The molecule has 4 nitrogen and oxygen atoms in total. The van der Waals surface area contributed by atoms with E-state index in [4.69, 9.17) is 4.74 Å². The predicted molar refractivity (Wildman–Crippen MR) is 65.7 cm³/mol. The molecule has 2 atom stereocenters. The van der Waals surface area contributed by atoms with E-state index >= 15 is 0 Å². The van der Waals surface area contributed by atoms with Crippen LogP contribution in [-0.4, -0.2) is 34.9 Å². The number of hydrogen-bond acceptors (Lipinski definition) is 4. The number of hydrogen-bond donors (Lipinski definition) is 2. The molecule has 2 rings (SSSR count). The van der Waals surface area contributed by atoms with Crippen LogP contribution in [0.25, 0.3) is 0 Å². The number of rotatable bonds is 4. The Morgan fingerprint density at radius 1 is 1.59 bits per heavy atom. The highest BCUT2D eigenvalue weighted by atomic mass is 16.5. The van der Waals surface area contributed by atoms with E-state index in [-0.39, 0.29) is 6.10 Å². The molecule has 0 spiro atoms. The van der Waals surface area contributed by atoms with Crippen LogP contribution in [0, 0.1) is 6.92 Å². The lowest BCUT2D eigenvalue weighted by atomic mass is 9.97. The zero-order chi connectivity index (χ0) is 12.3. The molecule has 0 saturated carbocycles. The molecule has 0 amide bonds. The molecule has 2 N–H and O–H groups in total. The van der Waals surface area contributed by atoms with Crippen molar-refractivity contribution in [1.82, 2.24) is 10.3 Å². The molecule has 1 saturated heterocycles. The molecule has 0 radical (unpaired) electrons. The van der Waals surface area contributed by atoms with Crippen LogP contribution in [0.2, 0.25) is 0 Å². The van der Waals surface area contributed by atoms with Crippen LogP contribution in [-0.2, 0) is 11.3 Å². The first kappa shape index (κ1) is 12.5. The summed E-state index contributed by atoms with van der Waals surface area (Å²) >= 11 is 0. The van der Waals surface area contributed by atoms with Crippen LogP contribution in [0.3, 0.4) is 0 Å². The maximum Gasteiger partial charge on any atom is 0.105 e. The fourth-order valence-electron chi connectivity index (χ4n) is 2.11. The highest BCUT2D eigenvalue weighted by molar-refractivity contribution is 5.09. The van der Waals surface area contributed by atoms with E-state index in [0.717, 1.165) is 11.4 Å². The zero-order valence-electron chi connectivity index (χ0n) is 10.4. The Balaban J connectivity index is 1.83. The van der Waals surface area contributed by atoms with Gasteiger partial charge in [0.05, 0.1) is 11.8 Å². The number of aliphatic hydroxyl groups is 1. The highest BCUT2D eigenvalue weighted by Crippen LogP contribution is 2.24.